The Morgan fingerprint density at radius 3 is 2.69 bits per heavy atom. The first-order chi connectivity index (χ1) is 12.6. The Balaban J connectivity index is 2.02. The van der Waals surface area contributed by atoms with Crippen molar-refractivity contribution < 1.29 is 9.66 Å². The molecule has 1 aromatic heterocycles. The molecule has 0 bridgehead atoms. The highest BCUT2D eigenvalue weighted by atomic mass is 32.1. The van der Waals surface area contributed by atoms with Gasteiger partial charge in [-0.15, -0.1) is 0 Å². The fraction of sp³-hybridized carbons (Fsp3) is 0.389. The lowest BCUT2D eigenvalue weighted by molar-refractivity contribution is -0.384. The molecule has 26 heavy (non-hydrogen) atoms. The Bertz CT molecular complexity index is 702. The molecule has 2 rings (SSSR count). The summed E-state index contributed by atoms with van der Waals surface area (Å²) in [7, 11) is 3.68. The average Bonchev–Trinajstić information content (AvgIpc) is 3.14. The maximum atomic E-state index is 10.7. The number of ether oxygens (including phenoxy) is 1. The second kappa shape index (κ2) is 10.5. The molecule has 0 saturated heterocycles. The summed E-state index contributed by atoms with van der Waals surface area (Å²) in [5.41, 5.74) is 2.25. The van der Waals surface area contributed by atoms with Gasteiger partial charge in [-0.2, -0.15) is 11.3 Å². The maximum absolute atomic E-state index is 10.7. The fourth-order valence-electron chi connectivity index (χ4n) is 2.35. The molecule has 2 aromatic rings. The normalized spacial score (nSPS) is 11.4. The minimum atomic E-state index is -0.398. The van der Waals surface area contributed by atoms with Gasteiger partial charge in [0.05, 0.1) is 11.5 Å². The molecule has 0 aliphatic heterocycles. The van der Waals surface area contributed by atoms with Crippen molar-refractivity contribution >= 4 is 23.0 Å². The van der Waals surface area contributed by atoms with E-state index in [9.17, 15) is 10.1 Å². The number of non-ortho nitro benzene ring substituents is 1. The lowest BCUT2D eigenvalue weighted by Gasteiger charge is -2.22. The maximum Gasteiger partial charge on any atom is 0.269 e. The number of aliphatic imine (C=N–C) groups is 1. The zero-order valence-electron chi connectivity index (χ0n) is 15.1. The molecule has 0 spiro atoms. The molecule has 0 atom stereocenters. The van der Waals surface area contributed by atoms with Crippen LogP contribution in [0, 0.1) is 10.1 Å². The summed E-state index contributed by atoms with van der Waals surface area (Å²) in [5, 5.41) is 18.3. The number of methoxy groups -OCH3 is 1. The molecule has 140 valence electrons. The van der Waals surface area contributed by atoms with E-state index in [1.165, 1.54) is 17.7 Å². The van der Waals surface area contributed by atoms with Gasteiger partial charge in [0.2, 0.25) is 0 Å². The molecule has 0 unspecified atom stereocenters. The number of hydrogen-bond donors (Lipinski definition) is 1. The van der Waals surface area contributed by atoms with Crippen molar-refractivity contribution in [1.29, 1.82) is 0 Å². The predicted molar refractivity (Wildman–Crippen MR) is 105 cm³/mol. The minimum Gasteiger partial charge on any atom is -0.385 e. The van der Waals surface area contributed by atoms with Gasteiger partial charge in [0.15, 0.2) is 5.96 Å². The van der Waals surface area contributed by atoms with Crippen molar-refractivity contribution in [1.82, 2.24) is 10.2 Å². The van der Waals surface area contributed by atoms with Gasteiger partial charge in [0.1, 0.15) is 0 Å². The Hall–Kier alpha value is -2.45. The van der Waals surface area contributed by atoms with E-state index in [-0.39, 0.29) is 5.69 Å². The van der Waals surface area contributed by atoms with E-state index in [0.29, 0.717) is 13.2 Å². The summed E-state index contributed by atoms with van der Waals surface area (Å²) in [4.78, 5) is 17.1. The highest BCUT2D eigenvalue weighted by Gasteiger charge is 2.08. The summed E-state index contributed by atoms with van der Waals surface area (Å²) in [6, 6.07) is 8.59. The third-order valence-corrected chi connectivity index (χ3v) is 4.46. The molecule has 7 nitrogen and oxygen atoms in total. The lowest BCUT2D eigenvalue weighted by atomic mass is 10.2. The average molecular weight is 376 g/mol. The molecule has 1 aromatic carbocycles. The van der Waals surface area contributed by atoms with Crippen LogP contribution in [0.15, 0.2) is 46.1 Å². The first kappa shape index (κ1) is 19.9. The van der Waals surface area contributed by atoms with E-state index in [4.69, 9.17) is 4.74 Å². The van der Waals surface area contributed by atoms with Gasteiger partial charge in [-0.05, 0) is 34.4 Å². The van der Waals surface area contributed by atoms with Crippen LogP contribution in [-0.4, -0.2) is 43.1 Å². The van der Waals surface area contributed by atoms with Crippen LogP contribution in [0.5, 0.6) is 0 Å². The molecule has 0 fully saturated rings. The Kier molecular flexibility index (Phi) is 8.04. The van der Waals surface area contributed by atoms with E-state index in [0.717, 1.165) is 31.0 Å². The van der Waals surface area contributed by atoms with Crippen LogP contribution >= 0.6 is 11.3 Å². The second-order valence-corrected chi connectivity index (χ2v) is 6.60. The number of nitro groups is 1. The van der Waals surface area contributed by atoms with Gasteiger partial charge in [0.25, 0.3) is 5.69 Å². The number of thiophene rings is 1. The van der Waals surface area contributed by atoms with Crippen molar-refractivity contribution in [3.8, 4) is 0 Å². The molecule has 0 amide bonds. The quantitative estimate of drug-likeness (QED) is 0.239. The number of nitrogens with zero attached hydrogens (tertiary/aromatic N) is 3. The van der Waals surface area contributed by atoms with Crippen LogP contribution in [-0.2, 0) is 17.8 Å². The van der Waals surface area contributed by atoms with Gasteiger partial charge >= 0.3 is 0 Å². The third kappa shape index (κ3) is 6.45. The van der Waals surface area contributed by atoms with Crippen LogP contribution in [0.2, 0.25) is 0 Å². The van der Waals surface area contributed by atoms with Crippen molar-refractivity contribution in [2.45, 2.75) is 19.5 Å². The van der Waals surface area contributed by atoms with E-state index in [1.807, 2.05) is 7.05 Å². The first-order valence-corrected chi connectivity index (χ1v) is 9.27. The first-order valence-electron chi connectivity index (χ1n) is 8.33. The highest BCUT2D eigenvalue weighted by molar-refractivity contribution is 7.07. The zero-order valence-corrected chi connectivity index (χ0v) is 15.9. The minimum absolute atomic E-state index is 0.0882. The molecule has 8 heteroatoms. The second-order valence-electron chi connectivity index (χ2n) is 5.82. The molecular formula is C18H24N4O3S. The Labute approximate surface area is 157 Å². The zero-order chi connectivity index (χ0) is 18.8. The summed E-state index contributed by atoms with van der Waals surface area (Å²) in [6.45, 7) is 2.68. The monoisotopic (exact) mass is 376 g/mol. The smallest absolute Gasteiger partial charge is 0.269 e. The molecule has 0 aliphatic carbocycles. The highest BCUT2D eigenvalue weighted by Crippen LogP contribution is 2.13. The fourth-order valence-corrected chi connectivity index (χ4v) is 3.01. The van der Waals surface area contributed by atoms with Gasteiger partial charge in [-0.3, -0.25) is 10.1 Å². The molecule has 1 heterocycles. The van der Waals surface area contributed by atoms with Crippen LogP contribution in [0.3, 0.4) is 0 Å². The van der Waals surface area contributed by atoms with E-state index >= 15 is 0 Å². The van der Waals surface area contributed by atoms with Crippen molar-refractivity contribution in [3.05, 3.63) is 62.3 Å². The number of hydrogen-bond acceptors (Lipinski definition) is 5. The third-order valence-electron chi connectivity index (χ3n) is 3.73. The van der Waals surface area contributed by atoms with E-state index in [2.05, 4.69) is 32.0 Å². The molecule has 1 N–H and O–H groups in total. The Morgan fingerprint density at radius 2 is 2.08 bits per heavy atom. The summed E-state index contributed by atoms with van der Waals surface area (Å²) in [6.07, 6.45) is 0.888. The standard InChI is InChI=1S/C18H24N4O3S/c1-21(13-16-8-11-26-14-16)18(19-9-3-10-25-2)20-12-15-4-6-17(7-5-15)22(23)24/h4-8,11,14H,3,9-10,12-13H2,1-2H3,(H,19,20). The SMILES string of the molecule is COCCCNC(=NCc1ccc([N+](=O)[O-])cc1)N(C)Cc1ccsc1. The van der Waals surface area contributed by atoms with Crippen LogP contribution < -0.4 is 5.32 Å². The van der Waals surface area contributed by atoms with Crippen LogP contribution in [0.1, 0.15) is 17.5 Å². The summed E-state index contributed by atoms with van der Waals surface area (Å²) >= 11 is 1.67. The molecule has 0 aliphatic rings. The number of nitro benzene ring substituents is 1. The van der Waals surface area contributed by atoms with E-state index in [1.54, 1.807) is 30.6 Å². The van der Waals surface area contributed by atoms with Gasteiger partial charge in [-0.1, -0.05) is 12.1 Å². The van der Waals surface area contributed by atoms with Crippen molar-refractivity contribution in [3.63, 3.8) is 0 Å². The van der Waals surface area contributed by atoms with Gasteiger partial charge in [-0.25, -0.2) is 4.99 Å². The van der Waals surface area contributed by atoms with Crippen LogP contribution in [0.25, 0.3) is 0 Å². The lowest BCUT2D eigenvalue weighted by Crippen LogP contribution is -2.39. The Morgan fingerprint density at radius 1 is 1.31 bits per heavy atom. The number of benzene rings is 1. The summed E-state index contributed by atoms with van der Waals surface area (Å²) < 4.78 is 5.08. The molecule has 0 saturated carbocycles. The predicted octanol–water partition coefficient (Wildman–Crippen LogP) is 3.27. The summed E-state index contributed by atoms with van der Waals surface area (Å²) in [5.74, 6) is 0.797. The van der Waals surface area contributed by atoms with Crippen molar-refractivity contribution in [2.75, 3.05) is 27.3 Å². The van der Waals surface area contributed by atoms with Gasteiger partial charge < -0.3 is 15.0 Å². The molecule has 0 radical (unpaired) electrons. The number of rotatable bonds is 9. The van der Waals surface area contributed by atoms with Crippen molar-refractivity contribution in [2.24, 2.45) is 4.99 Å². The largest absolute Gasteiger partial charge is 0.385 e. The number of guanidine groups is 1. The van der Waals surface area contributed by atoms with Gasteiger partial charge in [0, 0.05) is 46.0 Å². The molecular weight excluding hydrogens is 352 g/mol. The topological polar surface area (TPSA) is 80.0 Å². The van der Waals surface area contributed by atoms with E-state index < -0.39 is 4.92 Å². The number of nitrogens with one attached hydrogen (secondary N) is 1. The van der Waals surface area contributed by atoms with Crippen LogP contribution in [0.4, 0.5) is 5.69 Å².